The SMILES string of the molecule is CCCC.CCNc1nc2ccccc2[nH]1. The molecule has 0 unspecified atom stereocenters. The van der Waals surface area contributed by atoms with Crippen LogP contribution in [0.5, 0.6) is 0 Å². The van der Waals surface area contributed by atoms with Crippen LogP contribution in [0.1, 0.15) is 33.6 Å². The summed E-state index contributed by atoms with van der Waals surface area (Å²) in [5.41, 5.74) is 2.09. The zero-order chi connectivity index (χ0) is 11.8. The Morgan fingerprint density at radius 2 is 1.81 bits per heavy atom. The number of nitrogens with one attached hydrogen (secondary N) is 2. The summed E-state index contributed by atoms with van der Waals surface area (Å²) >= 11 is 0. The van der Waals surface area contributed by atoms with Crippen LogP contribution in [0.4, 0.5) is 5.95 Å². The maximum absolute atomic E-state index is 4.34. The van der Waals surface area contributed by atoms with Crippen LogP contribution in [0.25, 0.3) is 11.0 Å². The van der Waals surface area contributed by atoms with E-state index in [0.717, 1.165) is 23.5 Å². The molecule has 1 aromatic carbocycles. The summed E-state index contributed by atoms with van der Waals surface area (Å²) in [5.74, 6) is 0.846. The summed E-state index contributed by atoms with van der Waals surface area (Å²) in [5, 5.41) is 3.13. The first-order valence-corrected chi connectivity index (χ1v) is 6.00. The van der Waals surface area contributed by atoms with Gasteiger partial charge in [-0.3, -0.25) is 0 Å². The van der Waals surface area contributed by atoms with Gasteiger partial charge in [0.05, 0.1) is 11.0 Å². The van der Waals surface area contributed by atoms with Gasteiger partial charge in [0.2, 0.25) is 5.95 Å². The summed E-state index contributed by atoms with van der Waals surface area (Å²) in [4.78, 5) is 7.51. The second kappa shape index (κ2) is 6.88. The number of aromatic amines is 1. The Balaban J connectivity index is 0.000000280. The van der Waals surface area contributed by atoms with Crippen molar-refractivity contribution in [3.63, 3.8) is 0 Å². The van der Waals surface area contributed by atoms with Crippen LogP contribution in [-0.4, -0.2) is 16.5 Å². The Morgan fingerprint density at radius 3 is 2.38 bits per heavy atom. The van der Waals surface area contributed by atoms with E-state index >= 15 is 0 Å². The summed E-state index contributed by atoms with van der Waals surface area (Å²) < 4.78 is 0. The van der Waals surface area contributed by atoms with Crippen LogP contribution in [-0.2, 0) is 0 Å². The zero-order valence-corrected chi connectivity index (χ0v) is 10.4. The van der Waals surface area contributed by atoms with Gasteiger partial charge in [0.25, 0.3) is 0 Å². The Hall–Kier alpha value is -1.51. The quantitative estimate of drug-likeness (QED) is 0.824. The minimum absolute atomic E-state index is 0.846. The molecular formula is C13H21N3. The van der Waals surface area contributed by atoms with E-state index in [1.807, 2.05) is 31.2 Å². The standard InChI is InChI=1S/C9H11N3.C4H10/c1-2-10-9-11-7-5-3-4-6-8(7)12-9;1-3-4-2/h3-6H,2H2,1H3,(H2,10,11,12);3-4H2,1-2H3. The molecule has 0 aliphatic rings. The lowest BCUT2D eigenvalue weighted by Crippen LogP contribution is -1.97. The number of H-pyrrole nitrogens is 1. The first-order chi connectivity index (χ1) is 7.81. The highest BCUT2D eigenvalue weighted by Crippen LogP contribution is 2.12. The fourth-order valence-electron chi connectivity index (χ4n) is 1.20. The molecule has 2 rings (SSSR count). The van der Waals surface area contributed by atoms with Gasteiger partial charge in [-0.1, -0.05) is 38.8 Å². The van der Waals surface area contributed by atoms with Gasteiger partial charge in [0.15, 0.2) is 0 Å². The molecule has 0 radical (unpaired) electrons. The largest absolute Gasteiger partial charge is 0.356 e. The average Bonchev–Trinajstić information content (AvgIpc) is 2.72. The number of hydrogen-bond acceptors (Lipinski definition) is 2. The van der Waals surface area contributed by atoms with Crippen LogP contribution in [0, 0.1) is 0 Å². The van der Waals surface area contributed by atoms with E-state index in [4.69, 9.17) is 0 Å². The number of anilines is 1. The van der Waals surface area contributed by atoms with E-state index in [1.165, 1.54) is 12.8 Å². The second-order valence-corrected chi connectivity index (χ2v) is 3.63. The fraction of sp³-hybridized carbons (Fsp3) is 0.462. The molecule has 0 aliphatic carbocycles. The van der Waals surface area contributed by atoms with Crippen molar-refractivity contribution >= 4 is 17.0 Å². The molecule has 2 aromatic rings. The van der Waals surface area contributed by atoms with E-state index in [0.29, 0.717) is 0 Å². The first kappa shape index (κ1) is 12.6. The molecule has 16 heavy (non-hydrogen) atoms. The lowest BCUT2D eigenvalue weighted by molar-refractivity contribution is 0.886. The van der Waals surface area contributed by atoms with Gasteiger partial charge in [0, 0.05) is 6.54 Å². The lowest BCUT2D eigenvalue weighted by Gasteiger charge is -1.93. The van der Waals surface area contributed by atoms with Crippen LogP contribution in [0.2, 0.25) is 0 Å². The molecule has 0 amide bonds. The van der Waals surface area contributed by atoms with Gasteiger partial charge in [-0.15, -0.1) is 0 Å². The number of hydrogen-bond donors (Lipinski definition) is 2. The third kappa shape index (κ3) is 3.57. The number of benzene rings is 1. The van der Waals surface area contributed by atoms with Crippen molar-refractivity contribution in [2.45, 2.75) is 33.6 Å². The normalized spacial score (nSPS) is 9.69. The topological polar surface area (TPSA) is 40.7 Å². The molecule has 0 atom stereocenters. The molecule has 0 saturated heterocycles. The van der Waals surface area contributed by atoms with Crippen molar-refractivity contribution in [1.29, 1.82) is 0 Å². The van der Waals surface area contributed by atoms with Crippen molar-refractivity contribution in [3.8, 4) is 0 Å². The number of para-hydroxylation sites is 2. The molecule has 0 saturated carbocycles. The van der Waals surface area contributed by atoms with Gasteiger partial charge in [-0.05, 0) is 19.1 Å². The van der Waals surface area contributed by atoms with Gasteiger partial charge < -0.3 is 10.3 Å². The number of nitrogens with zero attached hydrogens (tertiary/aromatic N) is 1. The molecule has 88 valence electrons. The molecule has 2 N–H and O–H groups in total. The van der Waals surface area contributed by atoms with Crippen molar-refractivity contribution in [2.75, 3.05) is 11.9 Å². The summed E-state index contributed by atoms with van der Waals surface area (Å²) in [6.45, 7) is 7.30. The Labute approximate surface area is 97.3 Å². The van der Waals surface area contributed by atoms with Crippen LogP contribution < -0.4 is 5.32 Å². The van der Waals surface area contributed by atoms with Crippen LogP contribution >= 0.6 is 0 Å². The predicted octanol–water partition coefficient (Wildman–Crippen LogP) is 3.80. The molecule has 0 aliphatic heterocycles. The molecule has 1 heterocycles. The maximum Gasteiger partial charge on any atom is 0.201 e. The maximum atomic E-state index is 4.34. The molecule has 0 spiro atoms. The highest BCUT2D eigenvalue weighted by Gasteiger charge is 1.98. The smallest absolute Gasteiger partial charge is 0.201 e. The number of imidazole rings is 1. The third-order valence-electron chi connectivity index (χ3n) is 2.23. The molecule has 3 nitrogen and oxygen atoms in total. The van der Waals surface area contributed by atoms with Crippen molar-refractivity contribution < 1.29 is 0 Å². The van der Waals surface area contributed by atoms with Crippen molar-refractivity contribution in [1.82, 2.24) is 9.97 Å². The summed E-state index contributed by atoms with van der Waals surface area (Å²) in [6.07, 6.45) is 2.64. The number of unbranched alkanes of at least 4 members (excludes halogenated alkanes) is 1. The fourth-order valence-corrected chi connectivity index (χ4v) is 1.20. The van der Waals surface area contributed by atoms with Crippen molar-refractivity contribution in [2.24, 2.45) is 0 Å². The number of aromatic nitrogens is 2. The summed E-state index contributed by atoms with van der Waals surface area (Å²) in [6, 6.07) is 7.99. The van der Waals surface area contributed by atoms with Crippen LogP contribution in [0.15, 0.2) is 24.3 Å². The molecule has 0 fully saturated rings. The first-order valence-electron chi connectivity index (χ1n) is 6.00. The molecule has 3 heteroatoms. The monoisotopic (exact) mass is 219 g/mol. The molecule has 1 aromatic heterocycles. The van der Waals surface area contributed by atoms with E-state index in [2.05, 4.69) is 29.1 Å². The molecular weight excluding hydrogens is 198 g/mol. The zero-order valence-electron chi connectivity index (χ0n) is 10.4. The molecule has 0 bridgehead atoms. The van der Waals surface area contributed by atoms with E-state index in [9.17, 15) is 0 Å². The van der Waals surface area contributed by atoms with Gasteiger partial charge in [-0.2, -0.15) is 0 Å². The van der Waals surface area contributed by atoms with E-state index in [-0.39, 0.29) is 0 Å². The van der Waals surface area contributed by atoms with Crippen LogP contribution in [0.3, 0.4) is 0 Å². The predicted molar refractivity (Wildman–Crippen MR) is 70.8 cm³/mol. The number of fused-ring (bicyclic) bond motifs is 1. The third-order valence-corrected chi connectivity index (χ3v) is 2.23. The Bertz CT molecular complexity index is 371. The average molecular weight is 219 g/mol. The van der Waals surface area contributed by atoms with Gasteiger partial charge in [0.1, 0.15) is 0 Å². The number of rotatable bonds is 3. The van der Waals surface area contributed by atoms with E-state index in [1.54, 1.807) is 0 Å². The minimum atomic E-state index is 0.846. The highest BCUT2D eigenvalue weighted by atomic mass is 15.1. The summed E-state index contributed by atoms with van der Waals surface area (Å²) in [7, 11) is 0. The Kier molecular flexibility index (Phi) is 5.40. The minimum Gasteiger partial charge on any atom is -0.356 e. The van der Waals surface area contributed by atoms with E-state index < -0.39 is 0 Å². The van der Waals surface area contributed by atoms with Gasteiger partial charge in [-0.25, -0.2) is 4.98 Å². The Morgan fingerprint density at radius 1 is 1.12 bits per heavy atom. The lowest BCUT2D eigenvalue weighted by atomic mass is 10.3. The second-order valence-electron chi connectivity index (χ2n) is 3.63. The van der Waals surface area contributed by atoms with Gasteiger partial charge >= 0.3 is 0 Å². The van der Waals surface area contributed by atoms with Crippen molar-refractivity contribution in [3.05, 3.63) is 24.3 Å². The highest BCUT2D eigenvalue weighted by molar-refractivity contribution is 5.77.